The molecule has 5 heteroatoms. The van der Waals surface area contributed by atoms with Gasteiger partial charge < -0.3 is 9.84 Å². The molecule has 1 unspecified atom stereocenters. The molecule has 0 aliphatic carbocycles. The van der Waals surface area contributed by atoms with Crippen LogP contribution in [0.15, 0.2) is 10.6 Å². The maximum atomic E-state index is 12.0. The first-order valence-corrected chi connectivity index (χ1v) is 3.93. The van der Waals surface area contributed by atoms with Gasteiger partial charge in [0.25, 0.3) is 5.91 Å². The quantitative estimate of drug-likeness (QED) is 0.768. The lowest BCUT2D eigenvalue weighted by atomic mass is 10.3. The van der Waals surface area contributed by atoms with Crippen LogP contribution in [0.1, 0.15) is 23.2 Å². The third-order valence-electron chi connectivity index (χ3n) is 1.47. The molecule has 0 aliphatic heterocycles. The number of aryl methyl sites for hydroxylation is 1. The van der Waals surface area contributed by atoms with Crippen molar-refractivity contribution in [2.75, 3.05) is 6.67 Å². The molecule has 0 saturated heterocycles. The Morgan fingerprint density at radius 3 is 3.00 bits per heavy atom. The maximum absolute atomic E-state index is 12.0. The molecule has 0 spiro atoms. The van der Waals surface area contributed by atoms with E-state index in [9.17, 15) is 9.18 Å². The van der Waals surface area contributed by atoms with Crippen molar-refractivity contribution in [2.45, 2.75) is 19.9 Å². The lowest BCUT2D eigenvalue weighted by Crippen LogP contribution is -2.34. The minimum Gasteiger partial charge on any atom is -0.361 e. The van der Waals surface area contributed by atoms with Gasteiger partial charge >= 0.3 is 0 Å². The third-order valence-corrected chi connectivity index (χ3v) is 1.47. The van der Waals surface area contributed by atoms with Gasteiger partial charge in [0.05, 0.1) is 6.04 Å². The Bertz CT molecular complexity index is 298. The highest BCUT2D eigenvalue weighted by Gasteiger charge is 2.12. The molecule has 0 saturated carbocycles. The van der Waals surface area contributed by atoms with Gasteiger partial charge in [-0.1, -0.05) is 5.16 Å². The minimum absolute atomic E-state index is 0.179. The molecule has 1 aromatic heterocycles. The van der Waals surface area contributed by atoms with Crippen LogP contribution in [0.5, 0.6) is 0 Å². The molecule has 13 heavy (non-hydrogen) atoms. The molecule has 0 radical (unpaired) electrons. The first-order valence-electron chi connectivity index (χ1n) is 3.93. The van der Waals surface area contributed by atoms with E-state index in [1.54, 1.807) is 13.8 Å². The molecule has 72 valence electrons. The Morgan fingerprint density at radius 1 is 1.85 bits per heavy atom. The molecular formula is C8H11FN2O2. The zero-order valence-electron chi connectivity index (χ0n) is 7.50. The van der Waals surface area contributed by atoms with Crippen LogP contribution in [-0.2, 0) is 0 Å². The molecule has 0 aromatic carbocycles. The van der Waals surface area contributed by atoms with Crippen molar-refractivity contribution in [3.05, 3.63) is 17.5 Å². The molecule has 1 aromatic rings. The van der Waals surface area contributed by atoms with Crippen LogP contribution in [0.4, 0.5) is 4.39 Å². The van der Waals surface area contributed by atoms with Crippen LogP contribution in [0.2, 0.25) is 0 Å². The number of nitrogens with one attached hydrogen (secondary N) is 1. The van der Waals surface area contributed by atoms with Gasteiger partial charge in [-0.05, 0) is 13.8 Å². The Morgan fingerprint density at radius 2 is 2.54 bits per heavy atom. The number of carbonyl (C=O) groups excluding carboxylic acids is 1. The van der Waals surface area contributed by atoms with Crippen molar-refractivity contribution >= 4 is 5.91 Å². The standard InChI is InChI=1S/C8H11FN2O2/c1-5(4-9)10-8(12)7-3-6(2)13-11-7/h3,5H,4H2,1-2H3,(H,10,12). The summed E-state index contributed by atoms with van der Waals surface area (Å²) < 4.78 is 16.7. The van der Waals surface area contributed by atoms with E-state index in [4.69, 9.17) is 4.52 Å². The van der Waals surface area contributed by atoms with Crippen LogP contribution in [-0.4, -0.2) is 23.8 Å². The molecule has 0 bridgehead atoms. The zero-order chi connectivity index (χ0) is 9.84. The van der Waals surface area contributed by atoms with Gasteiger partial charge in [-0.2, -0.15) is 0 Å². The van der Waals surface area contributed by atoms with Crippen LogP contribution < -0.4 is 5.32 Å². The first-order chi connectivity index (χ1) is 6.13. The highest BCUT2D eigenvalue weighted by atomic mass is 19.1. The molecule has 4 nitrogen and oxygen atoms in total. The van der Waals surface area contributed by atoms with Crippen molar-refractivity contribution in [1.29, 1.82) is 0 Å². The lowest BCUT2D eigenvalue weighted by Gasteiger charge is -2.06. The van der Waals surface area contributed by atoms with Crippen molar-refractivity contribution in [3.63, 3.8) is 0 Å². The van der Waals surface area contributed by atoms with Gasteiger partial charge in [-0.3, -0.25) is 4.79 Å². The smallest absolute Gasteiger partial charge is 0.273 e. The predicted molar refractivity (Wildman–Crippen MR) is 44.1 cm³/mol. The second kappa shape index (κ2) is 4.02. The van der Waals surface area contributed by atoms with Crippen molar-refractivity contribution < 1.29 is 13.7 Å². The molecule has 1 N–H and O–H groups in total. The number of alkyl halides is 1. The van der Waals surface area contributed by atoms with Gasteiger partial charge in [0.2, 0.25) is 0 Å². The van der Waals surface area contributed by atoms with Gasteiger partial charge in [-0.15, -0.1) is 0 Å². The number of hydrogen-bond donors (Lipinski definition) is 1. The Hall–Kier alpha value is -1.39. The summed E-state index contributed by atoms with van der Waals surface area (Å²) in [6, 6.07) is 1.00. The fourth-order valence-corrected chi connectivity index (χ4v) is 0.810. The molecule has 1 amide bonds. The van der Waals surface area contributed by atoms with E-state index in [2.05, 4.69) is 10.5 Å². The van der Waals surface area contributed by atoms with Gasteiger partial charge in [0, 0.05) is 6.07 Å². The van der Waals surface area contributed by atoms with E-state index in [-0.39, 0.29) is 5.69 Å². The third kappa shape index (κ3) is 2.54. The molecule has 1 rings (SSSR count). The second-order valence-corrected chi connectivity index (χ2v) is 2.85. The van der Waals surface area contributed by atoms with E-state index in [1.165, 1.54) is 6.07 Å². The van der Waals surface area contributed by atoms with E-state index in [0.29, 0.717) is 5.76 Å². The van der Waals surface area contributed by atoms with E-state index in [0.717, 1.165) is 0 Å². The summed E-state index contributed by atoms with van der Waals surface area (Å²) in [6.45, 7) is 2.66. The summed E-state index contributed by atoms with van der Waals surface area (Å²) in [7, 11) is 0. The summed E-state index contributed by atoms with van der Waals surface area (Å²) in [5, 5.41) is 5.92. The number of nitrogens with zero attached hydrogens (tertiary/aromatic N) is 1. The predicted octanol–water partition coefficient (Wildman–Crippen LogP) is 1.07. The molecule has 0 aliphatic rings. The van der Waals surface area contributed by atoms with Crippen LogP contribution >= 0.6 is 0 Å². The number of rotatable bonds is 3. The topological polar surface area (TPSA) is 55.1 Å². The maximum Gasteiger partial charge on any atom is 0.273 e. The average molecular weight is 186 g/mol. The molecular weight excluding hydrogens is 175 g/mol. The van der Waals surface area contributed by atoms with Gasteiger partial charge in [-0.25, -0.2) is 4.39 Å². The summed E-state index contributed by atoms with van der Waals surface area (Å²) in [5.41, 5.74) is 0.179. The number of halogens is 1. The van der Waals surface area contributed by atoms with Crippen molar-refractivity contribution in [3.8, 4) is 0 Å². The Kier molecular flexibility index (Phi) is 3.00. The first kappa shape index (κ1) is 9.70. The summed E-state index contributed by atoms with van der Waals surface area (Å²) in [4.78, 5) is 11.2. The number of aromatic nitrogens is 1. The highest BCUT2D eigenvalue weighted by molar-refractivity contribution is 5.92. The fraction of sp³-hybridized carbons (Fsp3) is 0.500. The van der Waals surface area contributed by atoms with Crippen LogP contribution in [0.3, 0.4) is 0 Å². The average Bonchev–Trinajstić information content (AvgIpc) is 2.51. The van der Waals surface area contributed by atoms with Crippen LogP contribution in [0.25, 0.3) is 0 Å². The van der Waals surface area contributed by atoms with Crippen molar-refractivity contribution in [1.82, 2.24) is 10.5 Å². The number of amides is 1. The summed E-state index contributed by atoms with van der Waals surface area (Å²) in [5.74, 6) is 0.139. The summed E-state index contributed by atoms with van der Waals surface area (Å²) >= 11 is 0. The lowest BCUT2D eigenvalue weighted by molar-refractivity contribution is 0.0925. The van der Waals surface area contributed by atoms with E-state index in [1.807, 2.05) is 0 Å². The number of hydrogen-bond acceptors (Lipinski definition) is 3. The number of carbonyl (C=O) groups is 1. The Balaban J connectivity index is 2.58. The Labute approximate surface area is 75.1 Å². The molecule has 1 atom stereocenters. The van der Waals surface area contributed by atoms with Gasteiger partial charge in [0.1, 0.15) is 12.4 Å². The molecule has 1 heterocycles. The molecule has 0 fully saturated rings. The van der Waals surface area contributed by atoms with E-state index < -0.39 is 18.6 Å². The summed E-state index contributed by atoms with van der Waals surface area (Å²) in [6.07, 6.45) is 0. The monoisotopic (exact) mass is 186 g/mol. The normalized spacial score (nSPS) is 12.5. The SMILES string of the molecule is Cc1cc(C(=O)NC(C)CF)no1. The van der Waals surface area contributed by atoms with Gasteiger partial charge in [0.15, 0.2) is 5.69 Å². The van der Waals surface area contributed by atoms with E-state index >= 15 is 0 Å². The minimum atomic E-state index is -0.595. The zero-order valence-corrected chi connectivity index (χ0v) is 7.50. The second-order valence-electron chi connectivity index (χ2n) is 2.85. The fourth-order valence-electron chi connectivity index (χ4n) is 0.810. The van der Waals surface area contributed by atoms with Crippen LogP contribution in [0, 0.1) is 6.92 Å². The largest absolute Gasteiger partial charge is 0.361 e. The highest BCUT2D eigenvalue weighted by Crippen LogP contribution is 2.01. The van der Waals surface area contributed by atoms with Crippen molar-refractivity contribution in [2.24, 2.45) is 0 Å².